The molecule has 0 saturated heterocycles. The summed E-state index contributed by atoms with van der Waals surface area (Å²) in [6.07, 6.45) is 0. The Kier molecular flexibility index (Phi) is 3.89. The van der Waals surface area contributed by atoms with Crippen molar-refractivity contribution in [3.63, 3.8) is 0 Å². The van der Waals surface area contributed by atoms with E-state index in [0.717, 1.165) is 5.56 Å². The highest BCUT2D eigenvalue weighted by Crippen LogP contribution is 2.15. The molecule has 2 aromatic carbocycles. The average molecular weight is 312 g/mol. The van der Waals surface area contributed by atoms with Gasteiger partial charge in [-0.15, -0.1) is 0 Å². The van der Waals surface area contributed by atoms with Gasteiger partial charge in [-0.1, -0.05) is 6.07 Å². The summed E-state index contributed by atoms with van der Waals surface area (Å²) in [7, 11) is 3.22. The third kappa shape index (κ3) is 2.96. The molecule has 3 rings (SSSR count). The van der Waals surface area contributed by atoms with Crippen LogP contribution in [0.4, 0.5) is 0 Å². The highest BCUT2D eigenvalue weighted by Gasteiger charge is 2.08. The van der Waals surface area contributed by atoms with E-state index in [-0.39, 0.29) is 5.91 Å². The quantitative estimate of drug-likeness (QED) is 0.800. The van der Waals surface area contributed by atoms with Crippen LogP contribution in [-0.4, -0.2) is 17.6 Å². The Morgan fingerprint density at radius 2 is 1.96 bits per heavy atom. The summed E-state index contributed by atoms with van der Waals surface area (Å²) in [5, 5.41) is 2.85. The molecular formula is C17H16N2O4. The van der Waals surface area contributed by atoms with E-state index >= 15 is 0 Å². The second-order valence-electron chi connectivity index (χ2n) is 5.14. The molecule has 1 aromatic heterocycles. The minimum atomic E-state index is -0.403. The smallest absolute Gasteiger partial charge is 0.419 e. The highest BCUT2D eigenvalue weighted by atomic mass is 16.5. The van der Waals surface area contributed by atoms with E-state index in [1.807, 2.05) is 12.1 Å². The van der Waals surface area contributed by atoms with Crippen LogP contribution in [0.15, 0.2) is 51.7 Å². The van der Waals surface area contributed by atoms with Crippen molar-refractivity contribution in [3.8, 4) is 5.75 Å². The largest absolute Gasteiger partial charge is 0.497 e. The number of rotatable bonds is 4. The van der Waals surface area contributed by atoms with Crippen LogP contribution in [0.2, 0.25) is 0 Å². The maximum absolute atomic E-state index is 12.1. The standard InChI is InChI=1S/C17H16N2O4/c1-19-14-9-11(3-8-15(14)23-17(19)21)10-18-16(20)12-4-6-13(22-2)7-5-12/h3-9H,10H2,1-2H3,(H,18,20). The lowest BCUT2D eigenvalue weighted by molar-refractivity contribution is 0.0951. The molecule has 0 radical (unpaired) electrons. The van der Waals surface area contributed by atoms with Gasteiger partial charge in [0.15, 0.2) is 5.58 Å². The maximum Gasteiger partial charge on any atom is 0.419 e. The van der Waals surface area contributed by atoms with Crippen LogP contribution < -0.4 is 15.8 Å². The molecule has 1 heterocycles. The van der Waals surface area contributed by atoms with Gasteiger partial charge < -0.3 is 14.5 Å². The summed E-state index contributed by atoms with van der Waals surface area (Å²) < 4.78 is 11.6. The number of methoxy groups -OCH3 is 1. The number of nitrogens with one attached hydrogen (secondary N) is 1. The van der Waals surface area contributed by atoms with E-state index in [9.17, 15) is 9.59 Å². The Labute approximate surface area is 132 Å². The summed E-state index contributed by atoms with van der Waals surface area (Å²) in [4.78, 5) is 23.6. The number of benzene rings is 2. The van der Waals surface area contributed by atoms with Crippen molar-refractivity contribution < 1.29 is 13.9 Å². The molecular weight excluding hydrogens is 296 g/mol. The number of hydrogen-bond donors (Lipinski definition) is 1. The lowest BCUT2D eigenvalue weighted by Crippen LogP contribution is -2.22. The minimum absolute atomic E-state index is 0.172. The van der Waals surface area contributed by atoms with Crippen LogP contribution in [0.5, 0.6) is 5.75 Å². The van der Waals surface area contributed by atoms with Crippen molar-refractivity contribution in [1.82, 2.24) is 9.88 Å². The van der Waals surface area contributed by atoms with E-state index < -0.39 is 5.76 Å². The Morgan fingerprint density at radius 3 is 2.65 bits per heavy atom. The van der Waals surface area contributed by atoms with Crippen LogP contribution in [0.1, 0.15) is 15.9 Å². The van der Waals surface area contributed by atoms with Gasteiger partial charge in [0.1, 0.15) is 5.75 Å². The molecule has 23 heavy (non-hydrogen) atoms. The second kappa shape index (κ2) is 6.00. The van der Waals surface area contributed by atoms with Crippen molar-refractivity contribution in [2.24, 2.45) is 7.05 Å². The van der Waals surface area contributed by atoms with Crippen LogP contribution in [0, 0.1) is 0 Å². The molecule has 6 heteroatoms. The van der Waals surface area contributed by atoms with E-state index in [1.54, 1.807) is 44.5 Å². The van der Waals surface area contributed by atoms with Crippen molar-refractivity contribution >= 4 is 17.0 Å². The van der Waals surface area contributed by atoms with E-state index in [4.69, 9.17) is 9.15 Å². The summed E-state index contributed by atoms with van der Waals surface area (Å²) in [5.74, 6) is 0.126. The first-order valence-corrected chi connectivity index (χ1v) is 7.09. The average Bonchev–Trinajstić information content (AvgIpc) is 2.87. The zero-order valence-corrected chi connectivity index (χ0v) is 12.8. The van der Waals surface area contributed by atoms with Gasteiger partial charge in [0.25, 0.3) is 5.91 Å². The number of nitrogens with zero attached hydrogens (tertiary/aromatic N) is 1. The van der Waals surface area contributed by atoms with Crippen molar-refractivity contribution in [3.05, 3.63) is 64.1 Å². The normalized spacial score (nSPS) is 10.7. The van der Waals surface area contributed by atoms with Crippen LogP contribution in [0.3, 0.4) is 0 Å². The predicted molar refractivity (Wildman–Crippen MR) is 85.6 cm³/mol. The minimum Gasteiger partial charge on any atom is -0.497 e. The number of oxazole rings is 1. The summed E-state index contributed by atoms with van der Waals surface area (Å²) in [5.41, 5.74) is 2.67. The lowest BCUT2D eigenvalue weighted by atomic mass is 10.1. The van der Waals surface area contributed by atoms with Crippen LogP contribution >= 0.6 is 0 Å². The number of hydrogen-bond acceptors (Lipinski definition) is 4. The first-order chi connectivity index (χ1) is 11.1. The van der Waals surface area contributed by atoms with Gasteiger partial charge in [0.05, 0.1) is 12.6 Å². The Bertz CT molecular complexity index is 906. The molecule has 1 N–H and O–H groups in total. The highest BCUT2D eigenvalue weighted by molar-refractivity contribution is 5.94. The Hall–Kier alpha value is -3.02. The van der Waals surface area contributed by atoms with E-state index in [2.05, 4.69) is 5.32 Å². The van der Waals surface area contributed by atoms with Gasteiger partial charge in [-0.3, -0.25) is 9.36 Å². The zero-order valence-electron chi connectivity index (χ0n) is 12.8. The molecule has 6 nitrogen and oxygen atoms in total. The first kappa shape index (κ1) is 14.9. The molecule has 0 atom stereocenters. The van der Waals surface area contributed by atoms with E-state index in [1.165, 1.54) is 4.57 Å². The molecule has 0 spiro atoms. The summed E-state index contributed by atoms with van der Waals surface area (Å²) >= 11 is 0. The molecule has 3 aromatic rings. The number of aryl methyl sites for hydroxylation is 1. The first-order valence-electron chi connectivity index (χ1n) is 7.09. The van der Waals surface area contributed by atoms with Gasteiger partial charge in [-0.05, 0) is 42.0 Å². The molecule has 0 saturated carbocycles. The molecule has 0 aliphatic rings. The molecule has 1 amide bonds. The number of amides is 1. The maximum atomic E-state index is 12.1. The number of carbonyl (C=O) groups excluding carboxylic acids is 1. The van der Waals surface area contributed by atoms with Crippen LogP contribution in [-0.2, 0) is 13.6 Å². The summed E-state index contributed by atoms with van der Waals surface area (Å²) in [6, 6.07) is 12.3. The Balaban J connectivity index is 1.73. The molecule has 0 fully saturated rings. The molecule has 0 aliphatic heterocycles. The topological polar surface area (TPSA) is 73.5 Å². The van der Waals surface area contributed by atoms with E-state index in [0.29, 0.717) is 29.0 Å². The predicted octanol–water partition coefficient (Wildman–Crippen LogP) is 2.07. The molecule has 118 valence electrons. The lowest BCUT2D eigenvalue weighted by Gasteiger charge is -2.06. The molecule has 0 unspecified atom stereocenters. The van der Waals surface area contributed by atoms with Crippen LogP contribution in [0.25, 0.3) is 11.1 Å². The van der Waals surface area contributed by atoms with Gasteiger partial charge in [-0.2, -0.15) is 0 Å². The monoisotopic (exact) mass is 312 g/mol. The number of carbonyl (C=O) groups is 1. The van der Waals surface area contributed by atoms with Gasteiger partial charge in [0.2, 0.25) is 0 Å². The van der Waals surface area contributed by atoms with Gasteiger partial charge in [0, 0.05) is 19.2 Å². The SMILES string of the molecule is COc1ccc(C(=O)NCc2ccc3oc(=O)n(C)c3c2)cc1. The van der Waals surface area contributed by atoms with Crippen molar-refractivity contribution in [2.75, 3.05) is 7.11 Å². The molecule has 0 aliphatic carbocycles. The fourth-order valence-electron chi connectivity index (χ4n) is 2.31. The second-order valence-corrected chi connectivity index (χ2v) is 5.14. The third-order valence-corrected chi connectivity index (χ3v) is 3.66. The Morgan fingerprint density at radius 1 is 1.22 bits per heavy atom. The fraction of sp³-hybridized carbons (Fsp3) is 0.176. The number of fused-ring (bicyclic) bond motifs is 1. The fourth-order valence-corrected chi connectivity index (χ4v) is 2.31. The third-order valence-electron chi connectivity index (χ3n) is 3.66. The van der Waals surface area contributed by atoms with Gasteiger partial charge in [-0.25, -0.2) is 4.79 Å². The van der Waals surface area contributed by atoms with Crippen molar-refractivity contribution in [1.29, 1.82) is 0 Å². The zero-order chi connectivity index (χ0) is 16.4. The summed E-state index contributed by atoms with van der Waals surface area (Å²) in [6.45, 7) is 0.361. The molecule has 0 bridgehead atoms. The number of ether oxygens (including phenoxy) is 1. The van der Waals surface area contributed by atoms with Gasteiger partial charge >= 0.3 is 5.76 Å². The number of aromatic nitrogens is 1. The van der Waals surface area contributed by atoms with Crippen molar-refractivity contribution in [2.45, 2.75) is 6.54 Å².